The number of fused-ring (bicyclic) bond motifs is 1. The number of nitrogens with one attached hydrogen (secondary N) is 1. The molecule has 0 amide bonds. The van der Waals surface area contributed by atoms with Crippen molar-refractivity contribution in [1.29, 1.82) is 0 Å². The van der Waals surface area contributed by atoms with Gasteiger partial charge in [0.15, 0.2) is 0 Å². The van der Waals surface area contributed by atoms with Crippen molar-refractivity contribution >= 4 is 11.0 Å². The molecule has 68 valence electrons. The number of hydrogen-bond donors (Lipinski definition) is 1. The van der Waals surface area contributed by atoms with Gasteiger partial charge in [-0.25, -0.2) is 4.98 Å². The van der Waals surface area contributed by atoms with Crippen LogP contribution in [0.2, 0.25) is 0 Å². The van der Waals surface area contributed by atoms with Crippen LogP contribution in [0.5, 0.6) is 0 Å². The predicted molar refractivity (Wildman–Crippen MR) is 54.9 cm³/mol. The van der Waals surface area contributed by atoms with Crippen LogP contribution in [0.4, 0.5) is 0 Å². The Morgan fingerprint density at radius 1 is 1.31 bits per heavy atom. The molecule has 0 radical (unpaired) electrons. The van der Waals surface area contributed by atoms with E-state index in [1.165, 1.54) is 16.6 Å². The number of aromatic nitrogens is 2. The van der Waals surface area contributed by atoms with Gasteiger partial charge in [0.1, 0.15) is 5.65 Å². The second-order valence-corrected chi connectivity index (χ2v) is 3.43. The minimum Gasteiger partial charge on any atom is -0.343 e. The zero-order valence-corrected chi connectivity index (χ0v) is 8.31. The lowest BCUT2D eigenvalue weighted by atomic mass is 10.1. The largest absolute Gasteiger partial charge is 0.343 e. The molecule has 2 heteroatoms. The number of aryl methyl sites for hydroxylation is 3. The molecule has 2 heterocycles. The minimum absolute atomic E-state index is 1.02. The number of hydrogen-bond acceptors (Lipinski definition) is 1. The van der Waals surface area contributed by atoms with Gasteiger partial charge in [0.2, 0.25) is 0 Å². The van der Waals surface area contributed by atoms with Gasteiger partial charge in [0.05, 0.1) is 0 Å². The normalized spacial score (nSPS) is 11.0. The summed E-state index contributed by atoms with van der Waals surface area (Å²) in [7, 11) is 0. The summed E-state index contributed by atoms with van der Waals surface area (Å²) >= 11 is 0. The van der Waals surface area contributed by atoms with Crippen LogP contribution in [0.3, 0.4) is 0 Å². The summed E-state index contributed by atoms with van der Waals surface area (Å²) in [5.74, 6) is 0. The van der Waals surface area contributed by atoms with E-state index in [0.29, 0.717) is 0 Å². The van der Waals surface area contributed by atoms with Crippen LogP contribution in [-0.4, -0.2) is 9.97 Å². The molecule has 13 heavy (non-hydrogen) atoms. The standard InChI is InChI=1S/C11H14N2/c1-4-9-8(3)13-11-10(9)6-5-7(2)12-11/h5-6H,4H2,1-3H3,(H,12,13). The topological polar surface area (TPSA) is 28.7 Å². The number of aromatic amines is 1. The summed E-state index contributed by atoms with van der Waals surface area (Å²) in [4.78, 5) is 7.76. The Labute approximate surface area is 78.0 Å². The van der Waals surface area contributed by atoms with Crippen molar-refractivity contribution in [3.8, 4) is 0 Å². The summed E-state index contributed by atoms with van der Waals surface area (Å²) < 4.78 is 0. The number of H-pyrrole nitrogens is 1. The summed E-state index contributed by atoms with van der Waals surface area (Å²) in [6, 6.07) is 4.22. The molecule has 0 aliphatic carbocycles. The monoisotopic (exact) mass is 174 g/mol. The van der Waals surface area contributed by atoms with Gasteiger partial charge in [-0.3, -0.25) is 0 Å². The molecule has 2 nitrogen and oxygen atoms in total. The first-order chi connectivity index (χ1) is 6.22. The maximum absolute atomic E-state index is 4.45. The van der Waals surface area contributed by atoms with Crippen molar-refractivity contribution < 1.29 is 0 Å². The maximum Gasteiger partial charge on any atom is 0.138 e. The van der Waals surface area contributed by atoms with Crippen LogP contribution >= 0.6 is 0 Å². The molecule has 0 fully saturated rings. The number of pyridine rings is 1. The molecule has 1 N–H and O–H groups in total. The number of nitrogens with zero attached hydrogens (tertiary/aromatic N) is 1. The average molecular weight is 174 g/mol. The zero-order valence-electron chi connectivity index (χ0n) is 8.31. The van der Waals surface area contributed by atoms with Crippen molar-refractivity contribution in [3.05, 3.63) is 29.1 Å². The van der Waals surface area contributed by atoms with E-state index in [-0.39, 0.29) is 0 Å². The number of rotatable bonds is 1. The lowest BCUT2D eigenvalue weighted by Gasteiger charge is -1.94. The highest BCUT2D eigenvalue weighted by molar-refractivity contribution is 5.81. The predicted octanol–water partition coefficient (Wildman–Crippen LogP) is 2.74. The lowest BCUT2D eigenvalue weighted by Crippen LogP contribution is -1.82. The summed E-state index contributed by atoms with van der Waals surface area (Å²) in [5.41, 5.74) is 4.73. The maximum atomic E-state index is 4.45. The lowest BCUT2D eigenvalue weighted by molar-refractivity contribution is 1.11. The van der Waals surface area contributed by atoms with Gasteiger partial charge in [0.25, 0.3) is 0 Å². The van der Waals surface area contributed by atoms with Crippen LogP contribution in [0, 0.1) is 13.8 Å². The highest BCUT2D eigenvalue weighted by Gasteiger charge is 2.06. The Morgan fingerprint density at radius 3 is 2.77 bits per heavy atom. The summed E-state index contributed by atoms with van der Waals surface area (Å²) in [6.07, 6.45) is 1.07. The van der Waals surface area contributed by atoms with E-state index in [1.807, 2.05) is 6.92 Å². The zero-order chi connectivity index (χ0) is 9.42. The van der Waals surface area contributed by atoms with E-state index in [0.717, 1.165) is 17.8 Å². The van der Waals surface area contributed by atoms with E-state index in [9.17, 15) is 0 Å². The van der Waals surface area contributed by atoms with Gasteiger partial charge in [-0.1, -0.05) is 6.92 Å². The molecule has 0 bridgehead atoms. The quantitative estimate of drug-likeness (QED) is 0.707. The fourth-order valence-electron chi connectivity index (χ4n) is 1.81. The van der Waals surface area contributed by atoms with Gasteiger partial charge in [-0.05, 0) is 38.0 Å². The molecule has 2 rings (SSSR count). The van der Waals surface area contributed by atoms with Crippen LogP contribution in [0.1, 0.15) is 23.9 Å². The van der Waals surface area contributed by atoms with Crippen molar-refractivity contribution in [2.75, 3.05) is 0 Å². The Bertz CT molecular complexity index is 441. The fourth-order valence-corrected chi connectivity index (χ4v) is 1.81. The SMILES string of the molecule is CCc1c(C)[nH]c2nc(C)ccc12. The van der Waals surface area contributed by atoms with Crippen LogP contribution in [0.25, 0.3) is 11.0 Å². The molecule has 0 atom stereocenters. The molecule has 2 aromatic heterocycles. The molecule has 0 aliphatic rings. The molecule has 0 unspecified atom stereocenters. The fraction of sp³-hybridized carbons (Fsp3) is 0.364. The first-order valence-electron chi connectivity index (χ1n) is 4.67. The van der Waals surface area contributed by atoms with Gasteiger partial charge in [-0.2, -0.15) is 0 Å². The molecule has 0 saturated heterocycles. The summed E-state index contributed by atoms with van der Waals surface area (Å²) in [6.45, 7) is 6.30. The molecule has 0 spiro atoms. The van der Waals surface area contributed by atoms with Crippen LogP contribution in [-0.2, 0) is 6.42 Å². The summed E-state index contributed by atoms with van der Waals surface area (Å²) in [5, 5.41) is 1.27. The Hall–Kier alpha value is -1.31. The third-order valence-corrected chi connectivity index (χ3v) is 2.47. The molecule has 0 aliphatic heterocycles. The van der Waals surface area contributed by atoms with E-state index < -0.39 is 0 Å². The minimum atomic E-state index is 1.02. The Balaban J connectivity index is 2.79. The second kappa shape index (κ2) is 2.87. The molecule has 0 saturated carbocycles. The highest BCUT2D eigenvalue weighted by Crippen LogP contribution is 2.20. The van der Waals surface area contributed by atoms with Crippen LogP contribution < -0.4 is 0 Å². The van der Waals surface area contributed by atoms with Crippen molar-refractivity contribution in [1.82, 2.24) is 9.97 Å². The van der Waals surface area contributed by atoms with Gasteiger partial charge < -0.3 is 4.98 Å². The first-order valence-corrected chi connectivity index (χ1v) is 4.67. The third kappa shape index (κ3) is 1.22. The van der Waals surface area contributed by atoms with E-state index in [2.05, 4.69) is 35.9 Å². The Morgan fingerprint density at radius 2 is 2.08 bits per heavy atom. The molecular weight excluding hydrogens is 160 g/mol. The molecule has 0 aromatic carbocycles. The molecule has 2 aromatic rings. The average Bonchev–Trinajstić information content (AvgIpc) is 2.39. The second-order valence-electron chi connectivity index (χ2n) is 3.43. The first kappa shape index (κ1) is 8.30. The highest BCUT2D eigenvalue weighted by atomic mass is 14.9. The van der Waals surface area contributed by atoms with Crippen molar-refractivity contribution in [2.45, 2.75) is 27.2 Å². The smallest absolute Gasteiger partial charge is 0.138 e. The molecular formula is C11H14N2. The third-order valence-electron chi connectivity index (χ3n) is 2.47. The van der Waals surface area contributed by atoms with E-state index in [1.54, 1.807) is 0 Å². The van der Waals surface area contributed by atoms with E-state index in [4.69, 9.17) is 0 Å². The van der Waals surface area contributed by atoms with Gasteiger partial charge in [0, 0.05) is 16.8 Å². The van der Waals surface area contributed by atoms with Gasteiger partial charge >= 0.3 is 0 Å². The van der Waals surface area contributed by atoms with E-state index >= 15 is 0 Å². The van der Waals surface area contributed by atoms with Crippen molar-refractivity contribution in [3.63, 3.8) is 0 Å². The van der Waals surface area contributed by atoms with Crippen LogP contribution in [0.15, 0.2) is 12.1 Å². The Kier molecular flexibility index (Phi) is 1.83. The van der Waals surface area contributed by atoms with Crippen molar-refractivity contribution in [2.24, 2.45) is 0 Å². The van der Waals surface area contributed by atoms with Gasteiger partial charge in [-0.15, -0.1) is 0 Å².